The van der Waals surface area contributed by atoms with Gasteiger partial charge in [-0.2, -0.15) is 13.2 Å². The predicted octanol–water partition coefficient (Wildman–Crippen LogP) is 4.58. The van der Waals surface area contributed by atoms with Crippen LogP contribution in [0, 0.1) is 0 Å². The van der Waals surface area contributed by atoms with Crippen LogP contribution < -0.4 is 5.32 Å². The lowest BCUT2D eigenvalue weighted by Crippen LogP contribution is -2.45. The van der Waals surface area contributed by atoms with Gasteiger partial charge in [-0.3, -0.25) is 4.90 Å². The molecule has 0 radical (unpaired) electrons. The van der Waals surface area contributed by atoms with E-state index in [9.17, 15) is 13.2 Å². The number of alkyl halides is 3. The Bertz CT molecular complexity index is 440. The van der Waals surface area contributed by atoms with Gasteiger partial charge in [-0.15, -0.1) is 24.8 Å². The Morgan fingerprint density at radius 1 is 1.18 bits per heavy atom. The van der Waals surface area contributed by atoms with Crippen LogP contribution in [0.4, 0.5) is 13.2 Å². The highest BCUT2D eigenvalue weighted by molar-refractivity contribution is 9.10. The minimum absolute atomic E-state index is 0. The van der Waals surface area contributed by atoms with Crippen molar-refractivity contribution in [1.82, 2.24) is 10.2 Å². The number of piperazine rings is 1. The van der Waals surface area contributed by atoms with Crippen LogP contribution in [0.3, 0.4) is 0 Å². The first-order valence-corrected chi connectivity index (χ1v) is 7.52. The van der Waals surface area contributed by atoms with Crippen LogP contribution in [0.25, 0.3) is 0 Å². The highest BCUT2D eigenvalue weighted by Gasteiger charge is 2.31. The molecule has 0 bridgehead atoms. The fourth-order valence-electron chi connectivity index (χ4n) is 2.57. The molecule has 2 rings (SSSR count). The summed E-state index contributed by atoms with van der Waals surface area (Å²) < 4.78 is 38.5. The monoisotopic (exact) mass is 422 g/mol. The first kappa shape index (κ1) is 22.0. The molecule has 128 valence electrons. The molecule has 1 fully saturated rings. The van der Waals surface area contributed by atoms with Crippen LogP contribution in [0.2, 0.25) is 0 Å². The third-order valence-corrected chi connectivity index (χ3v) is 4.02. The minimum atomic E-state index is -4.10. The average Bonchev–Trinajstić information content (AvgIpc) is 2.39. The molecule has 0 saturated carbocycles. The Balaban J connectivity index is 0.00000220. The third-order valence-electron chi connectivity index (χ3n) is 3.53. The van der Waals surface area contributed by atoms with Gasteiger partial charge in [-0.25, -0.2) is 0 Å². The highest BCUT2D eigenvalue weighted by Crippen LogP contribution is 2.32. The Morgan fingerprint density at radius 2 is 1.82 bits per heavy atom. The number of benzene rings is 1. The summed E-state index contributed by atoms with van der Waals surface area (Å²) in [6.45, 7) is 3.23. The quantitative estimate of drug-likeness (QED) is 0.762. The Morgan fingerprint density at radius 3 is 2.36 bits per heavy atom. The Hall–Kier alpha value is -0.0100. The van der Waals surface area contributed by atoms with Gasteiger partial charge in [0.05, 0.1) is 0 Å². The van der Waals surface area contributed by atoms with Gasteiger partial charge in [0.15, 0.2) is 0 Å². The molecule has 1 aromatic carbocycles. The van der Waals surface area contributed by atoms with Crippen LogP contribution in [0.15, 0.2) is 28.7 Å². The maximum Gasteiger partial charge on any atom is 0.389 e. The molecule has 1 saturated heterocycles. The highest BCUT2D eigenvalue weighted by atomic mass is 79.9. The van der Waals surface area contributed by atoms with E-state index in [0.29, 0.717) is 0 Å². The van der Waals surface area contributed by atoms with Gasteiger partial charge in [0.2, 0.25) is 0 Å². The van der Waals surface area contributed by atoms with Crippen LogP contribution in [0.1, 0.15) is 24.4 Å². The summed E-state index contributed by atoms with van der Waals surface area (Å²) in [7, 11) is 0. The summed E-state index contributed by atoms with van der Waals surface area (Å²) in [6.07, 6.45) is -4.73. The smallest absolute Gasteiger partial charge is 0.314 e. The molecule has 0 aliphatic carbocycles. The summed E-state index contributed by atoms with van der Waals surface area (Å²) >= 11 is 3.39. The van der Waals surface area contributed by atoms with Gasteiger partial charge in [-0.05, 0) is 24.1 Å². The van der Waals surface area contributed by atoms with Crippen LogP contribution in [-0.4, -0.2) is 37.3 Å². The van der Waals surface area contributed by atoms with Gasteiger partial charge in [0.1, 0.15) is 0 Å². The van der Waals surface area contributed by atoms with Gasteiger partial charge in [0.25, 0.3) is 0 Å². The number of nitrogens with one attached hydrogen (secondary N) is 1. The van der Waals surface area contributed by atoms with Crippen LogP contribution >= 0.6 is 40.7 Å². The molecule has 1 aliphatic rings. The second-order valence-electron chi connectivity index (χ2n) is 5.01. The van der Waals surface area contributed by atoms with Crippen molar-refractivity contribution in [2.45, 2.75) is 25.1 Å². The third kappa shape index (κ3) is 7.04. The van der Waals surface area contributed by atoms with Crippen molar-refractivity contribution in [2.24, 2.45) is 0 Å². The molecular formula is C14H20BrCl2F3N2. The molecule has 2 nitrogen and oxygen atoms in total. The van der Waals surface area contributed by atoms with E-state index in [1.165, 1.54) is 0 Å². The SMILES string of the molecule is Cl.Cl.FC(F)(F)CC[C@H](c1cccc(Br)c1)N1CCNCC1. The normalized spacial score (nSPS) is 17.3. The van der Waals surface area contributed by atoms with Crippen LogP contribution in [0.5, 0.6) is 0 Å². The standard InChI is InChI=1S/C14H18BrF3N2.2ClH/c15-12-3-1-2-11(10-12)13(4-5-14(16,17)18)20-8-6-19-7-9-20;;/h1-3,10,13,19H,4-9H2;2*1H/t13-;;/m1../s1. The summed E-state index contributed by atoms with van der Waals surface area (Å²) in [4.78, 5) is 2.14. The zero-order chi connectivity index (χ0) is 14.6. The van der Waals surface area contributed by atoms with Crippen molar-refractivity contribution in [3.8, 4) is 0 Å². The molecule has 22 heavy (non-hydrogen) atoms. The van der Waals surface area contributed by atoms with Crippen molar-refractivity contribution in [2.75, 3.05) is 26.2 Å². The van der Waals surface area contributed by atoms with Gasteiger partial charge in [0, 0.05) is 43.1 Å². The molecule has 1 heterocycles. The summed E-state index contributed by atoms with van der Waals surface area (Å²) in [5.74, 6) is 0. The van der Waals surface area contributed by atoms with E-state index in [0.717, 1.165) is 36.2 Å². The van der Waals surface area contributed by atoms with E-state index in [-0.39, 0.29) is 37.3 Å². The fourth-order valence-corrected chi connectivity index (χ4v) is 2.99. The molecule has 8 heteroatoms. The zero-order valence-corrected chi connectivity index (χ0v) is 15.1. The van der Waals surface area contributed by atoms with Crippen molar-refractivity contribution in [3.05, 3.63) is 34.3 Å². The van der Waals surface area contributed by atoms with E-state index in [1.807, 2.05) is 24.3 Å². The Labute approximate surface area is 149 Å². The molecule has 0 aromatic heterocycles. The lowest BCUT2D eigenvalue weighted by atomic mass is 9.99. The molecule has 1 atom stereocenters. The predicted molar refractivity (Wildman–Crippen MR) is 91.1 cm³/mol. The molecule has 1 aliphatic heterocycles. The molecule has 1 N–H and O–H groups in total. The maximum absolute atomic E-state index is 12.5. The summed E-state index contributed by atoms with van der Waals surface area (Å²) in [5.41, 5.74) is 0.950. The first-order valence-electron chi connectivity index (χ1n) is 6.73. The van der Waals surface area contributed by atoms with E-state index in [2.05, 4.69) is 26.1 Å². The molecule has 0 amide bonds. The molecule has 0 spiro atoms. The largest absolute Gasteiger partial charge is 0.389 e. The summed E-state index contributed by atoms with van der Waals surface area (Å²) in [6, 6.07) is 7.43. The molecule has 0 unspecified atom stereocenters. The number of nitrogens with zero attached hydrogens (tertiary/aromatic N) is 1. The number of hydrogen-bond acceptors (Lipinski definition) is 2. The fraction of sp³-hybridized carbons (Fsp3) is 0.571. The van der Waals surface area contributed by atoms with Gasteiger partial charge < -0.3 is 5.32 Å². The van der Waals surface area contributed by atoms with Crippen LogP contribution in [-0.2, 0) is 0 Å². The second kappa shape index (κ2) is 9.98. The maximum atomic E-state index is 12.5. The number of hydrogen-bond donors (Lipinski definition) is 1. The van der Waals surface area contributed by atoms with E-state index >= 15 is 0 Å². The lowest BCUT2D eigenvalue weighted by Gasteiger charge is -2.35. The Kier molecular flexibility index (Phi) is 9.98. The molecular weight excluding hydrogens is 404 g/mol. The van der Waals surface area contributed by atoms with Crippen molar-refractivity contribution >= 4 is 40.7 Å². The lowest BCUT2D eigenvalue weighted by molar-refractivity contribution is -0.138. The van der Waals surface area contributed by atoms with Crippen molar-refractivity contribution < 1.29 is 13.2 Å². The van der Waals surface area contributed by atoms with Crippen molar-refractivity contribution in [3.63, 3.8) is 0 Å². The topological polar surface area (TPSA) is 15.3 Å². The molecule has 1 aromatic rings. The first-order chi connectivity index (χ1) is 9.46. The van der Waals surface area contributed by atoms with E-state index in [1.54, 1.807) is 0 Å². The number of halogens is 6. The van der Waals surface area contributed by atoms with E-state index < -0.39 is 12.6 Å². The average molecular weight is 424 g/mol. The zero-order valence-electron chi connectivity index (χ0n) is 11.9. The minimum Gasteiger partial charge on any atom is -0.314 e. The van der Waals surface area contributed by atoms with E-state index in [4.69, 9.17) is 0 Å². The summed E-state index contributed by atoms with van der Waals surface area (Å²) in [5, 5.41) is 3.23. The van der Waals surface area contributed by atoms with Gasteiger partial charge >= 0.3 is 6.18 Å². The second-order valence-corrected chi connectivity index (χ2v) is 5.93. The van der Waals surface area contributed by atoms with Crippen molar-refractivity contribution in [1.29, 1.82) is 0 Å². The number of rotatable bonds is 4. The van der Waals surface area contributed by atoms with Gasteiger partial charge in [-0.1, -0.05) is 28.1 Å².